The molecule has 23 heavy (non-hydrogen) atoms. The zero-order chi connectivity index (χ0) is 16.2. The van der Waals surface area contributed by atoms with Gasteiger partial charge in [-0.2, -0.15) is 11.8 Å². The summed E-state index contributed by atoms with van der Waals surface area (Å²) in [5.74, 6) is 1.08. The van der Waals surface area contributed by atoms with Gasteiger partial charge in [0.15, 0.2) is 5.13 Å². The van der Waals surface area contributed by atoms with Gasteiger partial charge in [-0.15, -0.1) is 11.3 Å². The molecule has 6 nitrogen and oxygen atoms in total. The first kappa shape index (κ1) is 15.8. The van der Waals surface area contributed by atoms with Crippen molar-refractivity contribution in [3.8, 4) is 0 Å². The molecule has 3 rings (SSSR count). The van der Waals surface area contributed by atoms with E-state index < -0.39 is 5.97 Å². The monoisotopic (exact) mass is 349 g/mol. The molecule has 2 heterocycles. The first-order chi connectivity index (χ1) is 11.1. The van der Waals surface area contributed by atoms with E-state index in [1.165, 1.54) is 28.3 Å². The average molecular weight is 349 g/mol. The number of amides is 2. The van der Waals surface area contributed by atoms with Crippen LogP contribution in [-0.4, -0.2) is 27.8 Å². The van der Waals surface area contributed by atoms with E-state index in [1.54, 1.807) is 12.1 Å². The molecule has 0 saturated heterocycles. The lowest BCUT2D eigenvalue weighted by Crippen LogP contribution is -2.28. The highest BCUT2D eigenvalue weighted by molar-refractivity contribution is 7.98. The third kappa shape index (κ3) is 4.02. The van der Waals surface area contributed by atoms with Gasteiger partial charge in [0, 0.05) is 17.2 Å². The van der Waals surface area contributed by atoms with E-state index in [9.17, 15) is 9.59 Å². The number of hydrogen-bond acceptors (Lipinski definition) is 5. The van der Waals surface area contributed by atoms with Crippen molar-refractivity contribution in [3.63, 3.8) is 0 Å². The molecule has 1 aromatic carbocycles. The quantitative estimate of drug-likeness (QED) is 0.789. The number of carbonyl (C=O) groups excluding carboxylic acids is 1. The Kier molecular flexibility index (Phi) is 4.82. The summed E-state index contributed by atoms with van der Waals surface area (Å²) in [6.45, 7) is 0.326. The number of urea groups is 1. The van der Waals surface area contributed by atoms with Crippen molar-refractivity contribution in [2.45, 2.75) is 18.7 Å². The van der Waals surface area contributed by atoms with Gasteiger partial charge >= 0.3 is 12.0 Å². The summed E-state index contributed by atoms with van der Waals surface area (Å²) in [5, 5.41) is 15.0. The highest BCUT2D eigenvalue weighted by Gasteiger charge is 2.16. The number of aromatic carboxylic acids is 1. The molecule has 0 unspecified atom stereocenters. The number of hydrogen-bond donors (Lipinski definition) is 3. The van der Waals surface area contributed by atoms with Crippen LogP contribution < -0.4 is 10.6 Å². The summed E-state index contributed by atoms with van der Waals surface area (Å²) >= 11 is 3.40. The van der Waals surface area contributed by atoms with Crippen molar-refractivity contribution in [1.82, 2.24) is 10.3 Å². The summed E-state index contributed by atoms with van der Waals surface area (Å²) in [7, 11) is 0. The van der Waals surface area contributed by atoms with Crippen LogP contribution in [0.1, 0.15) is 26.5 Å². The fraction of sp³-hybridized carbons (Fsp3) is 0.267. The van der Waals surface area contributed by atoms with E-state index in [-0.39, 0.29) is 11.6 Å². The van der Waals surface area contributed by atoms with Crippen molar-refractivity contribution in [1.29, 1.82) is 0 Å². The third-order valence-corrected chi connectivity index (χ3v) is 5.55. The number of nitrogens with zero attached hydrogens (tertiary/aromatic N) is 1. The Bertz CT molecular complexity index is 705. The van der Waals surface area contributed by atoms with Crippen LogP contribution in [0.4, 0.5) is 9.93 Å². The molecule has 8 heteroatoms. The molecule has 0 aliphatic carbocycles. The lowest BCUT2D eigenvalue weighted by Gasteiger charge is -2.06. The number of carboxylic acids is 1. The van der Waals surface area contributed by atoms with E-state index in [0.717, 1.165) is 29.2 Å². The zero-order valence-corrected chi connectivity index (χ0v) is 13.8. The van der Waals surface area contributed by atoms with Gasteiger partial charge in [0.25, 0.3) is 0 Å². The predicted molar refractivity (Wildman–Crippen MR) is 91.2 cm³/mol. The lowest BCUT2D eigenvalue weighted by molar-refractivity contribution is 0.0697. The van der Waals surface area contributed by atoms with Crippen LogP contribution in [0.2, 0.25) is 0 Å². The van der Waals surface area contributed by atoms with Gasteiger partial charge in [0.05, 0.1) is 11.3 Å². The summed E-state index contributed by atoms with van der Waals surface area (Å²) in [4.78, 5) is 28.4. The van der Waals surface area contributed by atoms with E-state index in [2.05, 4.69) is 15.6 Å². The van der Waals surface area contributed by atoms with Gasteiger partial charge in [-0.3, -0.25) is 5.32 Å². The number of carbonyl (C=O) groups is 2. The number of rotatable bonds is 4. The van der Waals surface area contributed by atoms with Crippen molar-refractivity contribution >= 4 is 40.2 Å². The van der Waals surface area contributed by atoms with Crippen LogP contribution >= 0.6 is 23.1 Å². The van der Waals surface area contributed by atoms with Gasteiger partial charge < -0.3 is 10.4 Å². The standard InChI is InChI=1S/C15H15N3O3S2/c19-13(20)10-3-1-9(2-4-10)7-16-14(21)18-15-17-11-5-6-22-8-12(11)23-15/h1-4H,5-8H2,(H,19,20)(H2,16,17,18,21). The molecule has 0 fully saturated rings. The molecular formula is C15H15N3O3S2. The molecule has 2 aromatic rings. The summed E-state index contributed by atoms with van der Waals surface area (Å²) in [5.41, 5.74) is 2.15. The van der Waals surface area contributed by atoms with Crippen molar-refractivity contribution in [2.24, 2.45) is 0 Å². The van der Waals surface area contributed by atoms with Crippen LogP contribution in [0.5, 0.6) is 0 Å². The van der Waals surface area contributed by atoms with Crippen molar-refractivity contribution < 1.29 is 14.7 Å². The fourth-order valence-electron chi connectivity index (χ4n) is 2.17. The van der Waals surface area contributed by atoms with Crippen LogP contribution in [0.15, 0.2) is 24.3 Å². The molecule has 2 amide bonds. The van der Waals surface area contributed by atoms with E-state index >= 15 is 0 Å². The van der Waals surface area contributed by atoms with Crippen molar-refractivity contribution in [3.05, 3.63) is 46.0 Å². The van der Waals surface area contributed by atoms with Gasteiger partial charge in [0.2, 0.25) is 0 Å². The molecule has 1 aliphatic heterocycles. The lowest BCUT2D eigenvalue weighted by atomic mass is 10.1. The van der Waals surface area contributed by atoms with Crippen LogP contribution in [0.3, 0.4) is 0 Å². The number of fused-ring (bicyclic) bond motifs is 1. The molecule has 120 valence electrons. The zero-order valence-electron chi connectivity index (χ0n) is 12.2. The molecule has 0 atom stereocenters. The third-order valence-electron chi connectivity index (χ3n) is 3.37. The number of carboxylic acid groups (broad SMARTS) is 1. The number of nitrogens with one attached hydrogen (secondary N) is 2. The summed E-state index contributed by atoms with van der Waals surface area (Å²) < 4.78 is 0. The SMILES string of the molecule is O=C(NCc1ccc(C(=O)O)cc1)Nc1nc2c(s1)CSCC2. The van der Waals surface area contributed by atoms with Crippen LogP contribution in [-0.2, 0) is 18.7 Å². The van der Waals surface area contributed by atoms with E-state index in [1.807, 2.05) is 11.8 Å². The second-order valence-electron chi connectivity index (χ2n) is 5.00. The van der Waals surface area contributed by atoms with E-state index in [4.69, 9.17) is 5.11 Å². The van der Waals surface area contributed by atoms with Gasteiger partial charge in [-0.25, -0.2) is 14.6 Å². The average Bonchev–Trinajstić information content (AvgIpc) is 2.95. The van der Waals surface area contributed by atoms with Crippen molar-refractivity contribution in [2.75, 3.05) is 11.1 Å². The molecule has 1 aromatic heterocycles. The number of benzene rings is 1. The molecule has 0 spiro atoms. The second kappa shape index (κ2) is 7.01. The predicted octanol–water partition coefficient (Wildman–Crippen LogP) is 2.95. The van der Waals surface area contributed by atoms with Gasteiger partial charge in [0.1, 0.15) is 0 Å². The van der Waals surface area contributed by atoms with Gasteiger partial charge in [-0.05, 0) is 29.9 Å². The Labute approximate surface area is 141 Å². The molecule has 0 saturated carbocycles. The maximum absolute atomic E-state index is 11.9. The fourth-order valence-corrected chi connectivity index (χ4v) is 4.29. The number of anilines is 1. The summed E-state index contributed by atoms with van der Waals surface area (Å²) in [6, 6.07) is 6.09. The normalized spacial score (nSPS) is 13.2. The summed E-state index contributed by atoms with van der Waals surface area (Å²) in [6.07, 6.45) is 0.954. The highest BCUT2D eigenvalue weighted by Crippen LogP contribution is 2.31. The minimum atomic E-state index is -0.965. The topological polar surface area (TPSA) is 91.3 Å². The number of aromatic nitrogens is 1. The minimum absolute atomic E-state index is 0.226. The smallest absolute Gasteiger partial charge is 0.335 e. The Morgan fingerprint density at radius 1 is 1.26 bits per heavy atom. The number of thiazole rings is 1. The second-order valence-corrected chi connectivity index (χ2v) is 7.19. The first-order valence-electron chi connectivity index (χ1n) is 7.05. The Morgan fingerprint density at radius 3 is 2.74 bits per heavy atom. The highest BCUT2D eigenvalue weighted by atomic mass is 32.2. The molecular weight excluding hydrogens is 334 g/mol. The molecule has 0 radical (unpaired) electrons. The Hall–Kier alpha value is -2.06. The Morgan fingerprint density at radius 2 is 2.04 bits per heavy atom. The number of aryl methyl sites for hydroxylation is 1. The van der Waals surface area contributed by atoms with E-state index in [0.29, 0.717) is 11.7 Å². The van der Waals surface area contributed by atoms with Gasteiger partial charge in [-0.1, -0.05) is 12.1 Å². The molecule has 0 bridgehead atoms. The first-order valence-corrected chi connectivity index (χ1v) is 9.02. The molecule has 3 N–H and O–H groups in total. The largest absolute Gasteiger partial charge is 0.478 e. The maximum atomic E-state index is 11.9. The minimum Gasteiger partial charge on any atom is -0.478 e. The molecule has 1 aliphatic rings. The Balaban J connectivity index is 1.53. The van der Waals surface area contributed by atoms with Crippen LogP contribution in [0, 0.1) is 0 Å². The van der Waals surface area contributed by atoms with Crippen LogP contribution in [0.25, 0.3) is 0 Å². The number of thioether (sulfide) groups is 1. The maximum Gasteiger partial charge on any atom is 0.335 e.